The van der Waals surface area contributed by atoms with E-state index in [1.165, 1.54) is 7.11 Å². The van der Waals surface area contributed by atoms with Gasteiger partial charge in [0.15, 0.2) is 0 Å². The van der Waals surface area contributed by atoms with Crippen LogP contribution < -0.4 is 5.32 Å². The molecule has 0 aliphatic carbocycles. The van der Waals surface area contributed by atoms with Gasteiger partial charge in [-0.15, -0.1) is 0 Å². The molecule has 0 aromatic carbocycles. The standard InChI is InChI=1S/C14H25N3O2/c1-6-7-12-15-8-9-17(12)10-14(4,13(18)19-5)16-11(2)3/h8-9,11,16H,6-7,10H2,1-5H3. The molecule has 1 rings (SSSR count). The van der Waals surface area contributed by atoms with Crippen LogP contribution in [-0.4, -0.2) is 34.2 Å². The van der Waals surface area contributed by atoms with E-state index in [4.69, 9.17) is 4.74 Å². The van der Waals surface area contributed by atoms with E-state index in [0.717, 1.165) is 18.7 Å². The van der Waals surface area contributed by atoms with Crippen molar-refractivity contribution in [1.29, 1.82) is 0 Å². The molecule has 1 atom stereocenters. The zero-order valence-electron chi connectivity index (χ0n) is 12.6. The summed E-state index contributed by atoms with van der Waals surface area (Å²) in [5.74, 6) is 0.750. The molecular formula is C14H25N3O2. The third-order valence-corrected chi connectivity index (χ3v) is 3.01. The number of aromatic nitrogens is 2. The topological polar surface area (TPSA) is 56.2 Å². The molecule has 1 N–H and O–H groups in total. The monoisotopic (exact) mass is 267 g/mol. The van der Waals surface area contributed by atoms with Crippen molar-refractivity contribution in [3.63, 3.8) is 0 Å². The number of hydrogen-bond acceptors (Lipinski definition) is 4. The minimum atomic E-state index is -0.744. The van der Waals surface area contributed by atoms with Crippen LogP contribution in [0.3, 0.4) is 0 Å². The predicted molar refractivity (Wildman–Crippen MR) is 74.9 cm³/mol. The van der Waals surface area contributed by atoms with Gasteiger partial charge >= 0.3 is 5.97 Å². The number of methoxy groups -OCH3 is 1. The van der Waals surface area contributed by atoms with Crippen molar-refractivity contribution < 1.29 is 9.53 Å². The first-order valence-corrected chi connectivity index (χ1v) is 6.79. The Morgan fingerprint density at radius 3 is 2.79 bits per heavy atom. The van der Waals surface area contributed by atoms with Crippen LogP contribution >= 0.6 is 0 Å². The highest BCUT2D eigenvalue weighted by atomic mass is 16.5. The Hall–Kier alpha value is -1.36. The third kappa shape index (κ3) is 4.06. The molecule has 1 unspecified atom stereocenters. The molecule has 0 radical (unpaired) electrons. The van der Waals surface area contributed by atoms with Gasteiger partial charge in [0.1, 0.15) is 11.4 Å². The van der Waals surface area contributed by atoms with Gasteiger partial charge in [-0.2, -0.15) is 0 Å². The Balaban J connectivity index is 2.93. The molecule has 108 valence electrons. The molecule has 0 fully saturated rings. The zero-order valence-corrected chi connectivity index (χ0v) is 12.6. The number of hydrogen-bond donors (Lipinski definition) is 1. The summed E-state index contributed by atoms with van der Waals surface area (Å²) in [4.78, 5) is 16.4. The number of nitrogens with one attached hydrogen (secondary N) is 1. The maximum Gasteiger partial charge on any atom is 0.327 e. The van der Waals surface area contributed by atoms with Crippen LogP contribution in [0.1, 0.15) is 39.9 Å². The Bertz CT molecular complexity index is 415. The molecule has 5 heteroatoms. The molecule has 0 aliphatic rings. The Morgan fingerprint density at radius 1 is 1.58 bits per heavy atom. The van der Waals surface area contributed by atoms with Gasteiger partial charge in [0.05, 0.1) is 13.7 Å². The van der Waals surface area contributed by atoms with Crippen LogP contribution in [0.5, 0.6) is 0 Å². The highest BCUT2D eigenvalue weighted by Gasteiger charge is 2.35. The summed E-state index contributed by atoms with van der Waals surface area (Å²) < 4.78 is 6.95. The number of ether oxygens (including phenoxy) is 1. The van der Waals surface area contributed by atoms with E-state index in [2.05, 4.69) is 17.2 Å². The van der Waals surface area contributed by atoms with Gasteiger partial charge in [0, 0.05) is 24.9 Å². The second-order valence-corrected chi connectivity index (χ2v) is 5.34. The van der Waals surface area contributed by atoms with Crippen molar-refractivity contribution in [1.82, 2.24) is 14.9 Å². The van der Waals surface area contributed by atoms with Crippen LogP contribution in [0.25, 0.3) is 0 Å². The highest BCUT2D eigenvalue weighted by molar-refractivity contribution is 5.80. The van der Waals surface area contributed by atoms with Crippen LogP contribution in [0.4, 0.5) is 0 Å². The predicted octanol–water partition coefficient (Wildman–Crippen LogP) is 1.77. The van der Waals surface area contributed by atoms with E-state index in [1.807, 2.05) is 31.5 Å². The van der Waals surface area contributed by atoms with Gasteiger partial charge < -0.3 is 9.30 Å². The van der Waals surface area contributed by atoms with E-state index in [9.17, 15) is 4.79 Å². The van der Waals surface area contributed by atoms with Crippen molar-refractivity contribution in [3.8, 4) is 0 Å². The van der Waals surface area contributed by atoms with Crippen LogP contribution in [0.15, 0.2) is 12.4 Å². The summed E-state index contributed by atoms with van der Waals surface area (Å²) >= 11 is 0. The molecule has 0 bridgehead atoms. The highest BCUT2D eigenvalue weighted by Crippen LogP contribution is 2.14. The number of nitrogens with zero attached hydrogens (tertiary/aromatic N) is 2. The fourth-order valence-corrected chi connectivity index (χ4v) is 2.31. The summed E-state index contributed by atoms with van der Waals surface area (Å²) in [6.45, 7) is 8.54. The van der Waals surface area contributed by atoms with E-state index in [1.54, 1.807) is 6.20 Å². The molecule has 0 aliphatic heterocycles. The normalized spacial score (nSPS) is 14.4. The van der Waals surface area contributed by atoms with Crippen LogP contribution in [0.2, 0.25) is 0 Å². The summed E-state index contributed by atoms with van der Waals surface area (Å²) in [5.41, 5.74) is -0.744. The number of carbonyl (C=O) groups is 1. The van der Waals surface area contributed by atoms with E-state index in [0.29, 0.717) is 6.54 Å². The quantitative estimate of drug-likeness (QED) is 0.765. The van der Waals surface area contributed by atoms with E-state index >= 15 is 0 Å². The van der Waals surface area contributed by atoms with Crippen LogP contribution in [0, 0.1) is 0 Å². The Morgan fingerprint density at radius 2 is 2.26 bits per heavy atom. The smallest absolute Gasteiger partial charge is 0.327 e. The number of carbonyl (C=O) groups excluding carboxylic acids is 1. The van der Waals surface area contributed by atoms with Gasteiger partial charge in [-0.1, -0.05) is 6.92 Å². The van der Waals surface area contributed by atoms with E-state index < -0.39 is 5.54 Å². The summed E-state index contributed by atoms with van der Waals surface area (Å²) in [6.07, 6.45) is 5.63. The number of imidazole rings is 1. The summed E-state index contributed by atoms with van der Waals surface area (Å²) in [6, 6.07) is 0.197. The first kappa shape index (κ1) is 15.7. The van der Waals surface area contributed by atoms with Crippen molar-refractivity contribution >= 4 is 5.97 Å². The zero-order chi connectivity index (χ0) is 14.5. The minimum absolute atomic E-state index is 0.197. The van der Waals surface area contributed by atoms with Gasteiger partial charge in [-0.3, -0.25) is 5.32 Å². The van der Waals surface area contributed by atoms with E-state index in [-0.39, 0.29) is 12.0 Å². The second-order valence-electron chi connectivity index (χ2n) is 5.34. The Labute approximate surface area is 115 Å². The first-order valence-electron chi connectivity index (χ1n) is 6.79. The fourth-order valence-electron chi connectivity index (χ4n) is 2.31. The maximum atomic E-state index is 12.0. The lowest BCUT2D eigenvalue weighted by molar-refractivity contribution is -0.148. The molecule has 0 saturated heterocycles. The Kier molecular flexibility index (Phi) is 5.54. The number of aryl methyl sites for hydroxylation is 1. The fraction of sp³-hybridized carbons (Fsp3) is 0.714. The molecular weight excluding hydrogens is 242 g/mol. The largest absolute Gasteiger partial charge is 0.468 e. The average molecular weight is 267 g/mol. The van der Waals surface area contributed by atoms with Gasteiger partial charge in [0.25, 0.3) is 0 Å². The van der Waals surface area contributed by atoms with Crippen molar-refractivity contribution in [2.45, 2.75) is 58.7 Å². The minimum Gasteiger partial charge on any atom is -0.468 e. The molecule has 1 aromatic heterocycles. The molecule has 19 heavy (non-hydrogen) atoms. The van der Waals surface area contributed by atoms with Gasteiger partial charge in [-0.05, 0) is 27.2 Å². The van der Waals surface area contributed by atoms with Gasteiger partial charge in [0.2, 0.25) is 0 Å². The average Bonchev–Trinajstić information content (AvgIpc) is 2.74. The van der Waals surface area contributed by atoms with Crippen molar-refractivity contribution in [2.24, 2.45) is 0 Å². The van der Waals surface area contributed by atoms with Crippen molar-refractivity contribution in [2.75, 3.05) is 7.11 Å². The molecule has 1 aromatic rings. The second kappa shape index (κ2) is 6.70. The molecule has 0 spiro atoms. The maximum absolute atomic E-state index is 12.0. The number of rotatable bonds is 7. The summed E-state index contributed by atoms with van der Waals surface area (Å²) in [7, 11) is 1.42. The summed E-state index contributed by atoms with van der Waals surface area (Å²) in [5, 5.41) is 3.29. The molecule has 0 amide bonds. The molecule has 5 nitrogen and oxygen atoms in total. The number of esters is 1. The lowest BCUT2D eigenvalue weighted by atomic mass is 10.0. The molecule has 1 heterocycles. The van der Waals surface area contributed by atoms with Crippen LogP contribution in [-0.2, 0) is 22.5 Å². The lowest BCUT2D eigenvalue weighted by Crippen LogP contribution is -2.55. The van der Waals surface area contributed by atoms with Crippen molar-refractivity contribution in [3.05, 3.63) is 18.2 Å². The first-order chi connectivity index (χ1) is 8.92. The SMILES string of the molecule is CCCc1nccn1CC(C)(NC(C)C)C(=O)OC. The molecule has 0 saturated carbocycles. The lowest BCUT2D eigenvalue weighted by Gasteiger charge is -2.31. The van der Waals surface area contributed by atoms with Gasteiger partial charge in [-0.25, -0.2) is 9.78 Å². The third-order valence-electron chi connectivity index (χ3n) is 3.01.